The zero-order valence-corrected chi connectivity index (χ0v) is 14.1. The maximum Gasteiger partial charge on any atom is 0.0574 e. The van der Waals surface area contributed by atoms with Crippen molar-refractivity contribution < 1.29 is 0 Å². The highest BCUT2D eigenvalue weighted by Crippen LogP contribution is 2.22. The van der Waals surface area contributed by atoms with Gasteiger partial charge in [0.1, 0.15) is 0 Å². The van der Waals surface area contributed by atoms with E-state index in [1.54, 1.807) is 0 Å². The van der Waals surface area contributed by atoms with Crippen LogP contribution in [0.5, 0.6) is 0 Å². The van der Waals surface area contributed by atoms with Crippen LogP contribution in [0, 0.1) is 0 Å². The molecule has 1 saturated heterocycles. The third-order valence-corrected chi connectivity index (χ3v) is 4.71. The van der Waals surface area contributed by atoms with Crippen LogP contribution in [-0.4, -0.2) is 48.6 Å². The lowest BCUT2D eigenvalue weighted by Crippen LogP contribution is -2.55. The second-order valence-electron chi connectivity index (χ2n) is 6.23. The Bertz CT molecular complexity index is 419. The van der Waals surface area contributed by atoms with Crippen LogP contribution in [0.2, 0.25) is 0 Å². The van der Waals surface area contributed by atoms with Crippen molar-refractivity contribution in [3.63, 3.8) is 0 Å². The monoisotopic (exact) mass is 290 g/mol. The Morgan fingerprint density at radius 3 is 2.38 bits per heavy atom. The maximum absolute atomic E-state index is 4.69. The normalized spacial score (nSPS) is 25.1. The SMILES string of the molecule is CCNC(CC)c1ccc(N2CC(C)N(C)C(C)C2)cn1. The van der Waals surface area contributed by atoms with Crippen LogP contribution in [0.4, 0.5) is 5.69 Å². The highest BCUT2D eigenvalue weighted by Gasteiger charge is 2.26. The molecule has 0 radical (unpaired) electrons. The van der Waals surface area contributed by atoms with Gasteiger partial charge in [0.05, 0.1) is 17.6 Å². The molecule has 4 heteroatoms. The number of pyridine rings is 1. The number of piperazine rings is 1. The molecule has 0 aliphatic carbocycles. The third kappa shape index (κ3) is 3.74. The van der Waals surface area contributed by atoms with Gasteiger partial charge in [0.2, 0.25) is 0 Å². The fourth-order valence-corrected chi connectivity index (χ4v) is 3.11. The second-order valence-corrected chi connectivity index (χ2v) is 6.23. The first kappa shape index (κ1) is 16.2. The van der Waals surface area contributed by atoms with Crippen molar-refractivity contribution in [2.24, 2.45) is 0 Å². The first-order valence-corrected chi connectivity index (χ1v) is 8.23. The minimum atomic E-state index is 0.370. The molecular weight excluding hydrogens is 260 g/mol. The van der Waals surface area contributed by atoms with Gasteiger partial charge in [0.15, 0.2) is 0 Å². The molecule has 0 spiro atoms. The summed E-state index contributed by atoms with van der Waals surface area (Å²) in [5.41, 5.74) is 2.40. The van der Waals surface area contributed by atoms with Gasteiger partial charge in [0.25, 0.3) is 0 Å². The van der Waals surface area contributed by atoms with E-state index < -0.39 is 0 Å². The van der Waals surface area contributed by atoms with E-state index in [1.807, 2.05) is 6.20 Å². The third-order valence-electron chi connectivity index (χ3n) is 4.71. The lowest BCUT2D eigenvalue weighted by molar-refractivity contribution is 0.170. The molecule has 1 N–H and O–H groups in total. The maximum atomic E-state index is 4.69. The standard InChI is InChI=1S/C17H30N4/c1-6-16(18-7-2)17-9-8-15(10-19-17)21-11-13(3)20(5)14(4)12-21/h8-10,13-14,16,18H,6-7,11-12H2,1-5H3. The van der Waals surface area contributed by atoms with Crippen molar-refractivity contribution in [3.05, 3.63) is 24.0 Å². The minimum absolute atomic E-state index is 0.370. The predicted octanol–water partition coefficient (Wildman–Crippen LogP) is 2.67. The van der Waals surface area contributed by atoms with Gasteiger partial charge in [-0.05, 0) is 46.0 Å². The van der Waals surface area contributed by atoms with Gasteiger partial charge in [-0.25, -0.2) is 0 Å². The molecule has 1 aromatic rings. The Hall–Kier alpha value is -1.13. The summed E-state index contributed by atoms with van der Waals surface area (Å²) in [5.74, 6) is 0. The molecule has 0 saturated carbocycles. The molecule has 118 valence electrons. The predicted molar refractivity (Wildman–Crippen MR) is 89.8 cm³/mol. The Morgan fingerprint density at radius 1 is 1.24 bits per heavy atom. The number of nitrogens with one attached hydrogen (secondary N) is 1. The molecule has 0 aromatic carbocycles. The summed E-state index contributed by atoms with van der Waals surface area (Å²) in [5, 5.41) is 3.48. The molecule has 3 unspecified atom stereocenters. The van der Waals surface area contributed by atoms with Gasteiger partial charge in [0, 0.05) is 31.2 Å². The summed E-state index contributed by atoms with van der Waals surface area (Å²) >= 11 is 0. The first-order valence-electron chi connectivity index (χ1n) is 8.23. The van der Waals surface area contributed by atoms with Crippen LogP contribution in [0.3, 0.4) is 0 Å². The zero-order chi connectivity index (χ0) is 15.4. The zero-order valence-electron chi connectivity index (χ0n) is 14.1. The molecule has 1 aliphatic heterocycles. The van der Waals surface area contributed by atoms with E-state index >= 15 is 0 Å². The van der Waals surface area contributed by atoms with E-state index in [-0.39, 0.29) is 0 Å². The smallest absolute Gasteiger partial charge is 0.0574 e. The summed E-state index contributed by atoms with van der Waals surface area (Å²) in [6.07, 6.45) is 3.11. The van der Waals surface area contributed by atoms with Gasteiger partial charge in [-0.15, -0.1) is 0 Å². The van der Waals surface area contributed by atoms with Crippen LogP contribution in [0.1, 0.15) is 45.9 Å². The molecule has 2 heterocycles. The van der Waals surface area contributed by atoms with Gasteiger partial charge >= 0.3 is 0 Å². The summed E-state index contributed by atoms with van der Waals surface area (Å²) in [6.45, 7) is 12.1. The topological polar surface area (TPSA) is 31.4 Å². The Balaban J connectivity index is 2.08. The summed E-state index contributed by atoms with van der Waals surface area (Å²) in [6, 6.07) is 5.94. The Kier molecular flexibility index (Phi) is 5.59. The van der Waals surface area contributed by atoms with E-state index in [0.717, 1.165) is 31.7 Å². The summed E-state index contributed by atoms with van der Waals surface area (Å²) in [7, 11) is 2.22. The van der Waals surface area contributed by atoms with Crippen molar-refractivity contribution in [1.82, 2.24) is 15.2 Å². The van der Waals surface area contributed by atoms with Gasteiger partial charge in [-0.3, -0.25) is 9.88 Å². The number of hydrogen-bond donors (Lipinski definition) is 1. The Morgan fingerprint density at radius 2 is 1.90 bits per heavy atom. The lowest BCUT2D eigenvalue weighted by atomic mass is 10.1. The fourth-order valence-electron chi connectivity index (χ4n) is 3.11. The average Bonchev–Trinajstić information content (AvgIpc) is 2.50. The largest absolute Gasteiger partial charge is 0.367 e. The van der Waals surface area contributed by atoms with Gasteiger partial charge in [-0.1, -0.05) is 13.8 Å². The lowest BCUT2D eigenvalue weighted by Gasteiger charge is -2.43. The number of nitrogens with zero attached hydrogens (tertiary/aromatic N) is 3. The van der Waals surface area contributed by atoms with E-state index in [9.17, 15) is 0 Å². The molecule has 3 atom stereocenters. The van der Waals surface area contributed by atoms with Crippen LogP contribution < -0.4 is 10.2 Å². The van der Waals surface area contributed by atoms with Crippen molar-refractivity contribution in [1.29, 1.82) is 0 Å². The van der Waals surface area contributed by atoms with Crippen molar-refractivity contribution >= 4 is 5.69 Å². The second kappa shape index (κ2) is 7.23. The van der Waals surface area contributed by atoms with Gasteiger partial charge in [-0.2, -0.15) is 0 Å². The quantitative estimate of drug-likeness (QED) is 0.903. The summed E-state index contributed by atoms with van der Waals surface area (Å²) < 4.78 is 0. The highest BCUT2D eigenvalue weighted by molar-refractivity contribution is 5.46. The number of anilines is 1. The average molecular weight is 290 g/mol. The molecule has 1 aromatic heterocycles. The molecule has 2 rings (SSSR count). The molecule has 1 aliphatic rings. The molecule has 4 nitrogen and oxygen atoms in total. The number of aromatic nitrogens is 1. The van der Waals surface area contributed by atoms with Crippen LogP contribution in [0.15, 0.2) is 18.3 Å². The van der Waals surface area contributed by atoms with E-state index in [4.69, 9.17) is 4.98 Å². The number of likely N-dealkylation sites (N-methyl/N-ethyl adjacent to an activating group) is 1. The van der Waals surface area contributed by atoms with Crippen LogP contribution in [0.25, 0.3) is 0 Å². The fraction of sp³-hybridized carbons (Fsp3) is 0.706. The number of hydrogen-bond acceptors (Lipinski definition) is 4. The van der Waals surface area contributed by atoms with E-state index in [2.05, 4.69) is 62.0 Å². The van der Waals surface area contributed by atoms with E-state index in [0.29, 0.717) is 18.1 Å². The van der Waals surface area contributed by atoms with E-state index in [1.165, 1.54) is 5.69 Å². The van der Waals surface area contributed by atoms with Gasteiger partial charge < -0.3 is 10.2 Å². The minimum Gasteiger partial charge on any atom is -0.367 e. The Labute approximate surface area is 129 Å². The first-order chi connectivity index (χ1) is 10.1. The van der Waals surface area contributed by atoms with Crippen molar-refractivity contribution in [2.45, 2.75) is 52.2 Å². The highest BCUT2D eigenvalue weighted by atomic mass is 15.3. The van der Waals surface area contributed by atoms with Crippen LogP contribution >= 0.6 is 0 Å². The van der Waals surface area contributed by atoms with Crippen LogP contribution in [-0.2, 0) is 0 Å². The molecule has 0 bridgehead atoms. The van der Waals surface area contributed by atoms with Crippen molar-refractivity contribution in [3.8, 4) is 0 Å². The molecule has 1 fully saturated rings. The molecule has 0 amide bonds. The molecule has 21 heavy (non-hydrogen) atoms. The van der Waals surface area contributed by atoms with Crippen molar-refractivity contribution in [2.75, 3.05) is 31.6 Å². The molecular formula is C17H30N4. The number of rotatable bonds is 5. The summed E-state index contributed by atoms with van der Waals surface area (Å²) in [4.78, 5) is 9.61.